The highest BCUT2D eigenvalue weighted by molar-refractivity contribution is 8.13. The lowest BCUT2D eigenvalue weighted by Gasteiger charge is -2.30. The number of carbonyl (C=O) groups is 5. The molecule has 1 fully saturated rings. The number of nitrogens with one attached hydrogen (secondary N) is 2. The Bertz CT molecular complexity index is 2240. The molecule has 0 aromatic carbocycles. The molecule has 0 spiro atoms. The van der Waals surface area contributed by atoms with Crippen molar-refractivity contribution in [2.45, 2.75) is 160 Å². The Morgan fingerprint density at radius 1 is 0.838 bits per heavy atom. The smallest absolute Gasteiger partial charge is 0.481 e. The van der Waals surface area contributed by atoms with Gasteiger partial charge in [0.05, 0.1) is 26.0 Å². The fourth-order valence-electron chi connectivity index (χ4n) is 6.91. The summed E-state index contributed by atoms with van der Waals surface area (Å²) in [5.74, 6) is -3.86. The van der Waals surface area contributed by atoms with E-state index in [1.807, 2.05) is 0 Å². The minimum atomic E-state index is -5.57. The summed E-state index contributed by atoms with van der Waals surface area (Å²) < 4.78 is 62.4. The zero-order valence-corrected chi connectivity index (χ0v) is 44.9. The third-order valence-electron chi connectivity index (χ3n) is 10.9. The van der Waals surface area contributed by atoms with Crippen molar-refractivity contribution < 1.29 is 105 Å². The normalized spacial score (nSPS) is 19.4. The summed E-state index contributed by atoms with van der Waals surface area (Å²) >= 11 is 1.15. The molecule has 0 radical (unpaired) electrons. The van der Waals surface area contributed by atoms with Crippen LogP contribution in [0.2, 0.25) is 0 Å². The van der Waals surface area contributed by atoms with Gasteiger partial charge in [0.25, 0.3) is 0 Å². The standard InChI is InChI=1S/C37H66N7O17P3S.C4H6O5/c1-4-5-6-7-8-9-10-11-12-13-14-15-16-17-28(46)65-21-20-39-27(45)18-19-40-35(49)32(48)37(2,3)23-58-64(55,56)61-63(53,54)57-22-26-31(60-62(50,51)52)30(47)36(59-26)44-25-43-29-33(38)41-24-42-34(29)44;5-2(4(8)9)1-3(6)7/h24-26,30-32,36,47-48H,4-23H2,1-3H3,(H,39,45)(H,40,49)(H,53,54)(H,55,56)(H2,38,41,42)(H2,50,51,52);2,5H,1H2,(H,6,7)(H,8,9)/t26-,30-,31-,32+,36-;/m1./s1. The number of aliphatic hydroxyl groups excluding tert-OH is 3. The number of ether oxygens (including phenoxy) is 1. The number of aromatic nitrogens is 4. The molecular formula is C41H72N7O22P3S. The van der Waals surface area contributed by atoms with Crippen LogP contribution in [-0.2, 0) is 60.3 Å². The van der Waals surface area contributed by atoms with Gasteiger partial charge in [0.15, 0.2) is 28.9 Å². The van der Waals surface area contributed by atoms with Gasteiger partial charge in [-0.1, -0.05) is 110 Å². The van der Waals surface area contributed by atoms with E-state index in [0.29, 0.717) is 12.2 Å². The molecule has 1 aliphatic rings. The maximum absolute atomic E-state index is 12.7. The Labute approximate surface area is 431 Å². The molecule has 2 aromatic heterocycles. The molecule has 3 heterocycles. The van der Waals surface area contributed by atoms with Gasteiger partial charge in [-0.15, -0.1) is 0 Å². The number of carboxylic acid groups (broad SMARTS) is 2. The zero-order chi connectivity index (χ0) is 55.7. The van der Waals surface area contributed by atoms with E-state index in [1.54, 1.807) is 0 Å². The summed E-state index contributed by atoms with van der Waals surface area (Å²) in [4.78, 5) is 108. The van der Waals surface area contributed by atoms with E-state index in [4.69, 9.17) is 34.8 Å². The molecule has 3 rings (SSSR count). The second-order valence-electron chi connectivity index (χ2n) is 17.7. The third-order valence-corrected chi connectivity index (χ3v) is 14.9. The number of hydrogen-bond donors (Lipinski definition) is 12. The number of nitrogens with two attached hydrogens (primary N) is 1. The van der Waals surface area contributed by atoms with Crippen molar-refractivity contribution in [1.29, 1.82) is 0 Å². The van der Waals surface area contributed by atoms with E-state index in [-0.39, 0.29) is 41.6 Å². The predicted molar refractivity (Wildman–Crippen MR) is 263 cm³/mol. The van der Waals surface area contributed by atoms with Crippen LogP contribution in [0.5, 0.6) is 0 Å². The molecule has 1 aliphatic heterocycles. The van der Waals surface area contributed by atoms with Crippen LogP contribution in [0, 0.1) is 5.41 Å². The molecule has 0 saturated carbocycles. The van der Waals surface area contributed by atoms with Crippen molar-refractivity contribution in [2.75, 3.05) is 37.8 Å². The number of nitrogen functional groups attached to an aromatic ring is 1. The van der Waals surface area contributed by atoms with Crippen LogP contribution in [0.3, 0.4) is 0 Å². The first kappa shape index (κ1) is 66.6. The van der Waals surface area contributed by atoms with E-state index < -0.39 is 109 Å². The van der Waals surface area contributed by atoms with Crippen molar-refractivity contribution in [2.24, 2.45) is 5.41 Å². The number of hydrogen-bond acceptors (Lipinski definition) is 21. The van der Waals surface area contributed by atoms with Crippen LogP contribution < -0.4 is 16.4 Å². The van der Waals surface area contributed by atoms with Gasteiger partial charge in [-0.05, 0) is 6.42 Å². The summed E-state index contributed by atoms with van der Waals surface area (Å²) in [5.41, 5.74) is 4.29. The maximum atomic E-state index is 12.7. The average molecular weight is 1140 g/mol. The Balaban J connectivity index is 0.00000189. The lowest BCUT2D eigenvalue weighted by Crippen LogP contribution is -2.46. The molecule has 0 aliphatic carbocycles. The summed E-state index contributed by atoms with van der Waals surface area (Å²) in [5, 5.41) is 50.8. The molecule has 2 amide bonds. The van der Waals surface area contributed by atoms with E-state index in [2.05, 4.69) is 41.3 Å². The monoisotopic (exact) mass is 1140 g/mol. The number of fused-ring (bicyclic) bond motifs is 1. The first-order chi connectivity index (χ1) is 34.6. The van der Waals surface area contributed by atoms with E-state index >= 15 is 0 Å². The molecule has 29 nitrogen and oxygen atoms in total. The number of nitrogens with zero attached hydrogens (tertiary/aromatic N) is 4. The average Bonchev–Trinajstić information content (AvgIpc) is 3.87. The van der Waals surface area contributed by atoms with E-state index in [1.165, 1.54) is 78.1 Å². The number of unbranched alkanes of at least 4 members (excludes halogenated alkanes) is 12. The molecule has 2 aromatic rings. The van der Waals surface area contributed by atoms with Gasteiger partial charge in [0.1, 0.15) is 36.3 Å². The second-order valence-corrected chi connectivity index (χ2v) is 23.1. The zero-order valence-electron chi connectivity index (χ0n) is 41.4. The second kappa shape index (κ2) is 32.9. The highest BCUT2D eigenvalue weighted by atomic mass is 32.2. The highest BCUT2D eigenvalue weighted by Gasteiger charge is 2.50. The predicted octanol–water partition coefficient (Wildman–Crippen LogP) is 3.05. The Morgan fingerprint density at radius 2 is 1.42 bits per heavy atom. The SMILES string of the molecule is CCCCCCCCCCCCCCCC(=O)SCCNC(=O)CCNC(=O)[C@H](O)C(C)(C)COP(=O)(O)OP(=O)(O)OC[C@H]1O[C@@H](n2cnc3c(N)ncnc32)[C@H](O)[C@@H]1OP(=O)(O)O.O=C(O)CC(O)C(=O)O. The van der Waals surface area contributed by atoms with Crippen LogP contribution in [-0.4, -0.2) is 156 Å². The molecule has 13 N–H and O–H groups in total. The quantitative estimate of drug-likeness (QED) is 0.0344. The number of carboxylic acids is 2. The number of anilines is 1. The lowest BCUT2D eigenvalue weighted by molar-refractivity contribution is -0.152. The van der Waals surface area contributed by atoms with Crippen molar-refractivity contribution in [3.63, 3.8) is 0 Å². The summed E-state index contributed by atoms with van der Waals surface area (Å²) in [6.07, 6.45) is 6.98. The number of phosphoric ester groups is 3. The fourth-order valence-corrected chi connectivity index (χ4v) is 10.5. The van der Waals surface area contributed by atoms with Gasteiger partial charge in [-0.25, -0.2) is 33.4 Å². The van der Waals surface area contributed by atoms with Crippen LogP contribution in [0.1, 0.15) is 130 Å². The van der Waals surface area contributed by atoms with Gasteiger partial charge in [-0.3, -0.25) is 37.3 Å². The highest BCUT2D eigenvalue weighted by Crippen LogP contribution is 2.61. The number of aliphatic carboxylic acids is 2. The molecule has 33 heteroatoms. The minimum absolute atomic E-state index is 0.0338. The number of phosphoric acid groups is 3. The Kier molecular flexibility index (Phi) is 29.6. The van der Waals surface area contributed by atoms with Gasteiger partial charge >= 0.3 is 35.4 Å². The number of carbonyl (C=O) groups excluding carboxylic acids is 3. The van der Waals surface area contributed by atoms with Crippen LogP contribution >= 0.6 is 35.2 Å². The maximum Gasteiger partial charge on any atom is 0.481 e. The minimum Gasteiger partial charge on any atom is -0.481 e. The number of amides is 2. The third kappa shape index (κ3) is 26.0. The number of rotatable bonds is 36. The first-order valence-corrected chi connectivity index (χ1v) is 29.3. The van der Waals surface area contributed by atoms with E-state index in [0.717, 1.165) is 48.2 Å². The number of thioether (sulfide) groups is 1. The van der Waals surface area contributed by atoms with Gasteiger partial charge in [0.2, 0.25) is 11.8 Å². The van der Waals surface area contributed by atoms with Crippen molar-refractivity contribution in [3.8, 4) is 0 Å². The van der Waals surface area contributed by atoms with E-state index in [9.17, 15) is 67.5 Å². The molecule has 3 unspecified atom stereocenters. The largest absolute Gasteiger partial charge is 0.481 e. The Morgan fingerprint density at radius 3 is 1.97 bits per heavy atom. The fraction of sp³-hybridized carbons (Fsp3) is 0.756. The number of aliphatic hydroxyl groups is 3. The van der Waals surface area contributed by atoms with Crippen molar-refractivity contribution >= 4 is 81.1 Å². The van der Waals surface area contributed by atoms with Crippen molar-refractivity contribution in [3.05, 3.63) is 12.7 Å². The lowest BCUT2D eigenvalue weighted by atomic mass is 9.87. The van der Waals surface area contributed by atoms with Crippen molar-refractivity contribution in [1.82, 2.24) is 30.2 Å². The first-order valence-electron chi connectivity index (χ1n) is 23.8. The number of imidazole rings is 1. The molecule has 424 valence electrons. The van der Waals surface area contributed by atoms with Gasteiger partial charge in [0, 0.05) is 37.1 Å². The van der Waals surface area contributed by atoms with Crippen LogP contribution in [0.25, 0.3) is 11.2 Å². The molecule has 1 saturated heterocycles. The summed E-state index contributed by atoms with van der Waals surface area (Å²) in [6.45, 7) is 2.81. The molecule has 8 atom stereocenters. The Hall–Kier alpha value is -3.54. The summed E-state index contributed by atoms with van der Waals surface area (Å²) in [6, 6.07) is 0. The molecule has 0 bridgehead atoms. The van der Waals surface area contributed by atoms with Crippen LogP contribution in [0.4, 0.5) is 5.82 Å². The molecule has 74 heavy (non-hydrogen) atoms. The molecular weight excluding hydrogens is 1070 g/mol. The van der Waals surface area contributed by atoms with Crippen LogP contribution in [0.15, 0.2) is 12.7 Å². The summed E-state index contributed by atoms with van der Waals surface area (Å²) in [7, 11) is -16.4. The topological polar surface area (TPSA) is 458 Å². The van der Waals surface area contributed by atoms with Gasteiger partial charge in [-0.2, -0.15) is 4.31 Å². The van der Waals surface area contributed by atoms with Gasteiger partial charge < -0.3 is 66.2 Å².